The van der Waals surface area contributed by atoms with Crippen LogP contribution in [0.15, 0.2) is 0 Å². The molecule has 0 radical (unpaired) electrons. The highest BCUT2D eigenvalue weighted by atomic mass is 16.5. The van der Waals surface area contributed by atoms with Gasteiger partial charge in [0.2, 0.25) is 0 Å². The van der Waals surface area contributed by atoms with Crippen molar-refractivity contribution in [3.8, 4) is 6.07 Å². The molecule has 1 N–H and O–H groups in total. The zero-order valence-corrected chi connectivity index (χ0v) is 9.11. The van der Waals surface area contributed by atoms with Crippen LogP contribution in [0.1, 0.15) is 19.3 Å². The lowest BCUT2D eigenvalue weighted by atomic mass is 10.2. The molecule has 4 nitrogen and oxygen atoms in total. The second-order valence-corrected chi connectivity index (χ2v) is 4.39. The summed E-state index contributed by atoms with van der Waals surface area (Å²) in [5, 5.41) is 12.4. The van der Waals surface area contributed by atoms with Crippen molar-refractivity contribution in [2.75, 3.05) is 32.8 Å². The largest absolute Gasteiger partial charge is 0.380 e. The minimum absolute atomic E-state index is 0.00407. The first-order valence-corrected chi connectivity index (χ1v) is 5.84. The van der Waals surface area contributed by atoms with Gasteiger partial charge in [-0.25, -0.2) is 0 Å². The smallest absolute Gasteiger partial charge is 0.108 e. The Morgan fingerprint density at radius 1 is 1.40 bits per heavy atom. The summed E-state index contributed by atoms with van der Waals surface area (Å²) in [6, 6.07) is 2.95. The van der Waals surface area contributed by atoms with E-state index in [0.717, 1.165) is 39.3 Å². The van der Waals surface area contributed by atoms with E-state index in [1.54, 1.807) is 0 Å². The standard InChI is InChI=1S/C11H19N3O/c12-8-11(13-10-2-3-10)9-14-4-1-6-15-7-5-14/h10-11,13H,1-7,9H2. The van der Waals surface area contributed by atoms with Crippen LogP contribution in [0, 0.1) is 11.3 Å². The number of rotatable bonds is 4. The normalized spacial score (nSPS) is 25.5. The van der Waals surface area contributed by atoms with Crippen LogP contribution in [0.5, 0.6) is 0 Å². The molecule has 84 valence electrons. The maximum atomic E-state index is 9.03. The maximum absolute atomic E-state index is 9.03. The predicted molar refractivity (Wildman–Crippen MR) is 57.4 cm³/mol. The van der Waals surface area contributed by atoms with Crippen LogP contribution in [0.4, 0.5) is 0 Å². The summed E-state index contributed by atoms with van der Waals surface area (Å²) in [6.07, 6.45) is 3.56. The van der Waals surface area contributed by atoms with Crippen LogP contribution in [0.3, 0.4) is 0 Å². The zero-order valence-electron chi connectivity index (χ0n) is 9.11. The summed E-state index contributed by atoms with van der Waals surface area (Å²) < 4.78 is 5.39. The van der Waals surface area contributed by atoms with Gasteiger partial charge in [-0.05, 0) is 19.3 Å². The molecule has 0 amide bonds. The average Bonchev–Trinajstić information content (AvgIpc) is 3.04. The third-order valence-electron chi connectivity index (χ3n) is 2.93. The van der Waals surface area contributed by atoms with E-state index in [4.69, 9.17) is 10.00 Å². The van der Waals surface area contributed by atoms with Gasteiger partial charge in [0.05, 0.1) is 12.7 Å². The van der Waals surface area contributed by atoms with Gasteiger partial charge in [0.1, 0.15) is 6.04 Å². The molecular formula is C11H19N3O. The van der Waals surface area contributed by atoms with Crippen molar-refractivity contribution in [1.82, 2.24) is 10.2 Å². The second kappa shape index (κ2) is 5.45. The molecule has 1 heterocycles. The molecule has 2 aliphatic rings. The van der Waals surface area contributed by atoms with Crippen LogP contribution in [0.25, 0.3) is 0 Å². The number of ether oxygens (including phenoxy) is 1. The molecule has 1 atom stereocenters. The van der Waals surface area contributed by atoms with Crippen LogP contribution in [-0.2, 0) is 4.74 Å². The third-order valence-corrected chi connectivity index (χ3v) is 2.93. The van der Waals surface area contributed by atoms with E-state index in [1.807, 2.05) is 0 Å². The molecule has 0 aromatic heterocycles. The Balaban J connectivity index is 1.74. The Bertz CT molecular complexity index is 226. The fraction of sp³-hybridized carbons (Fsp3) is 0.909. The van der Waals surface area contributed by atoms with E-state index in [-0.39, 0.29) is 6.04 Å². The first kappa shape index (κ1) is 10.9. The SMILES string of the molecule is N#CC(CN1CCCOCC1)NC1CC1. The molecule has 2 rings (SSSR count). The molecule has 2 fully saturated rings. The highest BCUT2D eigenvalue weighted by Crippen LogP contribution is 2.19. The van der Waals surface area contributed by atoms with E-state index < -0.39 is 0 Å². The molecule has 1 aliphatic heterocycles. The predicted octanol–water partition coefficient (Wildman–Crippen LogP) is 0.353. The monoisotopic (exact) mass is 209 g/mol. The molecule has 1 aliphatic carbocycles. The number of hydrogen-bond donors (Lipinski definition) is 1. The third kappa shape index (κ3) is 3.78. The van der Waals surface area contributed by atoms with Crippen LogP contribution in [-0.4, -0.2) is 49.8 Å². The van der Waals surface area contributed by atoms with Gasteiger partial charge < -0.3 is 4.74 Å². The number of nitrogens with one attached hydrogen (secondary N) is 1. The van der Waals surface area contributed by atoms with Gasteiger partial charge >= 0.3 is 0 Å². The van der Waals surface area contributed by atoms with Crippen molar-refractivity contribution in [3.05, 3.63) is 0 Å². The summed E-state index contributed by atoms with van der Waals surface area (Å²) in [4.78, 5) is 2.33. The van der Waals surface area contributed by atoms with Crippen molar-refractivity contribution in [1.29, 1.82) is 5.26 Å². The summed E-state index contributed by atoms with van der Waals surface area (Å²) >= 11 is 0. The minimum atomic E-state index is -0.00407. The van der Waals surface area contributed by atoms with Gasteiger partial charge in [-0.2, -0.15) is 5.26 Å². The zero-order chi connectivity index (χ0) is 10.5. The first-order valence-electron chi connectivity index (χ1n) is 5.84. The Hall–Kier alpha value is -0.630. The maximum Gasteiger partial charge on any atom is 0.108 e. The molecule has 0 aromatic carbocycles. The molecule has 15 heavy (non-hydrogen) atoms. The highest BCUT2D eigenvalue weighted by Gasteiger charge is 2.25. The van der Waals surface area contributed by atoms with Crippen LogP contribution >= 0.6 is 0 Å². The lowest BCUT2D eigenvalue weighted by Crippen LogP contribution is -2.42. The minimum Gasteiger partial charge on any atom is -0.380 e. The second-order valence-electron chi connectivity index (χ2n) is 4.39. The fourth-order valence-electron chi connectivity index (χ4n) is 1.90. The van der Waals surface area contributed by atoms with Crippen LogP contribution in [0.2, 0.25) is 0 Å². The molecule has 0 aromatic rings. The Morgan fingerprint density at radius 2 is 2.27 bits per heavy atom. The number of nitriles is 1. The summed E-state index contributed by atoms with van der Waals surface area (Å²) in [6.45, 7) is 4.54. The van der Waals surface area contributed by atoms with Crippen molar-refractivity contribution < 1.29 is 4.74 Å². The van der Waals surface area contributed by atoms with E-state index in [0.29, 0.717) is 6.04 Å². The van der Waals surface area contributed by atoms with Crippen molar-refractivity contribution in [3.63, 3.8) is 0 Å². The highest BCUT2D eigenvalue weighted by molar-refractivity contribution is 4.97. The van der Waals surface area contributed by atoms with Gasteiger partial charge in [0.15, 0.2) is 0 Å². The van der Waals surface area contributed by atoms with E-state index in [9.17, 15) is 0 Å². The average molecular weight is 209 g/mol. The number of hydrogen-bond acceptors (Lipinski definition) is 4. The number of nitrogens with zero attached hydrogens (tertiary/aromatic N) is 2. The van der Waals surface area contributed by atoms with Gasteiger partial charge in [-0.15, -0.1) is 0 Å². The van der Waals surface area contributed by atoms with Crippen LogP contribution < -0.4 is 5.32 Å². The van der Waals surface area contributed by atoms with E-state index in [2.05, 4.69) is 16.3 Å². The van der Waals surface area contributed by atoms with Gasteiger partial charge in [0, 0.05) is 32.3 Å². The molecule has 0 spiro atoms. The van der Waals surface area contributed by atoms with Crippen molar-refractivity contribution in [2.24, 2.45) is 0 Å². The molecule has 1 unspecified atom stereocenters. The van der Waals surface area contributed by atoms with Crippen molar-refractivity contribution >= 4 is 0 Å². The first-order chi connectivity index (χ1) is 7.38. The molecule has 4 heteroatoms. The molecule has 1 saturated carbocycles. The Labute approximate surface area is 91.2 Å². The van der Waals surface area contributed by atoms with Gasteiger partial charge in [-0.3, -0.25) is 10.2 Å². The fourth-order valence-corrected chi connectivity index (χ4v) is 1.90. The summed E-state index contributed by atoms with van der Waals surface area (Å²) in [5.41, 5.74) is 0. The topological polar surface area (TPSA) is 48.3 Å². The van der Waals surface area contributed by atoms with Gasteiger partial charge in [0.25, 0.3) is 0 Å². The Kier molecular flexibility index (Phi) is 3.95. The lowest BCUT2D eigenvalue weighted by Gasteiger charge is -2.22. The van der Waals surface area contributed by atoms with Gasteiger partial charge in [-0.1, -0.05) is 0 Å². The lowest BCUT2D eigenvalue weighted by molar-refractivity contribution is 0.140. The molecular weight excluding hydrogens is 190 g/mol. The molecule has 0 bridgehead atoms. The summed E-state index contributed by atoms with van der Waals surface area (Å²) in [5.74, 6) is 0. The molecule has 1 saturated heterocycles. The van der Waals surface area contributed by atoms with E-state index >= 15 is 0 Å². The van der Waals surface area contributed by atoms with Crippen molar-refractivity contribution in [2.45, 2.75) is 31.3 Å². The van der Waals surface area contributed by atoms with E-state index in [1.165, 1.54) is 12.8 Å². The Morgan fingerprint density at radius 3 is 3.00 bits per heavy atom. The quantitative estimate of drug-likeness (QED) is 0.726. The summed E-state index contributed by atoms with van der Waals surface area (Å²) in [7, 11) is 0.